The molecular formula is C15H24ClN3O2. The Morgan fingerprint density at radius 2 is 2.24 bits per heavy atom. The minimum atomic E-state index is -0.0363. The number of aryl methyl sites for hydroxylation is 1. The van der Waals surface area contributed by atoms with Gasteiger partial charge in [0.25, 0.3) is 5.91 Å². The molecule has 2 heterocycles. The van der Waals surface area contributed by atoms with Gasteiger partial charge >= 0.3 is 0 Å². The molecule has 1 aliphatic heterocycles. The zero-order chi connectivity index (χ0) is 15.4. The number of aromatic nitrogens is 2. The van der Waals surface area contributed by atoms with E-state index < -0.39 is 0 Å². The Balaban J connectivity index is 2.12. The number of nitrogens with zero attached hydrogens (tertiary/aromatic N) is 3. The third-order valence-corrected chi connectivity index (χ3v) is 4.69. The van der Waals surface area contributed by atoms with Gasteiger partial charge in [0.2, 0.25) is 0 Å². The molecule has 0 aliphatic carbocycles. The largest absolute Gasteiger partial charge is 0.385 e. The number of piperidine rings is 1. The summed E-state index contributed by atoms with van der Waals surface area (Å²) in [6.07, 6.45) is 5.23. The number of hydrogen-bond acceptors (Lipinski definition) is 3. The number of hydrogen-bond donors (Lipinski definition) is 0. The highest BCUT2D eigenvalue weighted by Crippen LogP contribution is 2.26. The number of carbonyl (C=O) groups excluding carboxylic acids is 1. The smallest absolute Gasteiger partial charge is 0.276 e. The lowest BCUT2D eigenvalue weighted by atomic mass is 9.97. The molecular weight excluding hydrogens is 290 g/mol. The molecule has 6 heteroatoms. The van der Waals surface area contributed by atoms with Gasteiger partial charge in [-0.15, -0.1) is 0 Å². The van der Waals surface area contributed by atoms with Gasteiger partial charge in [0.1, 0.15) is 0 Å². The molecule has 1 atom stereocenters. The summed E-state index contributed by atoms with van der Waals surface area (Å²) in [5.41, 5.74) is 1.21. The predicted molar refractivity (Wildman–Crippen MR) is 82.7 cm³/mol. The zero-order valence-electron chi connectivity index (χ0n) is 13.1. The molecule has 1 aromatic heterocycles. The monoisotopic (exact) mass is 313 g/mol. The van der Waals surface area contributed by atoms with Gasteiger partial charge in [-0.3, -0.25) is 9.48 Å². The van der Waals surface area contributed by atoms with E-state index in [1.165, 1.54) is 6.42 Å². The van der Waals surface area contributed by atoms with Gasteiger partial charge in [-0.25, -0.2) is 0 Å². The van der Waals surface area contributed by atoms with E-state index >= 15 is 0 Å². The molecule has 118 valence electrons. The normalized spacial score (nSPS) is 19.0. The number of amides is 1. The van der Waals surface area contributed by atoms with Crippen LogP contribution in [0, 0.1) is 6.92 Å². The number of methoxy groups -OCH3 is 1. The minimum absolute atomic E-state index is 0.0363. The molecule has 0 radical (unpaired) electrons. The second kappa shape index (κ2) is 7.27. The maximum atomic E-state index is 12.8. The molecule has 21 heavy (non-hydrogen) atoms. The first-order chi connectivity index (χ1) is 10.1. The van der Waals surface area contributed by atoms with Crippen LogP contribution in [0.1, 0.15) is 48.3 Å². The molecule has 1 aliphatic rings. The van der Waals surface area contributed by atoms with E-state index in [0.717, 1.165) is 44.5 Å². The van der Waals surface area contributed by atoms with Crippen LogP contribution in [-0.4, -0.2) is 46.9 Å². The van der Waals surface area contributed by atoms with Crippen molar-refractivity contribution in [2.45, 2.75) is 45.1 Å². The van der Waals surface area contributed by atoms with Crippen molar-refractivity contribution >= 4 is 17.5 Å². The van der Waals surface area contributed by atoms with Crippen LogP contribution >= 0.6 is 11.6 Å². The van der Waals surface area contributed by atoms with Gasteiger partial charge in [-0.1, -0.05) is 11.6 Å². The van der Waals surface area contributed by atoms with E-state index in [2.05, 4.69) is 5.10 Å². The number of carbonyl (C=O) groups is 1. The van der Waals surface area contributed by atoms with Gasteiger partial charge in [-0.2, -0.15) is 5.10 Å². The molecule has 1 amide bonds. The van der Waals surface area contributed by atoms with E-state index in [0.29, 0.717) is 10.7 Å². The number of likely N-dealkylation sites (tertiary alicyclic amines) is 1. The summed E-state index contributed by atoms with van der Waals surface area (Å²) >= 11 is 6.25. The summed E-state index contributed by atoms with van der Waals surface area (Å²) in [4.78, 5) is 14.7. The van der Waals surface area contributed by atoms with E-state index in [1.807, 2.05) is 18.9 Å². The molecule has 1 saturated heterocycles. The summed E-state index contributed by atoms with van der Waals surface area (Å²) in [6.45, 7) is 3.41. The molecule has 1 aromatic rings. The van der Waals surface area contributed by atoms with Crippen LogP contribution in [0.2, 0.25) is 5.02 Å². The quantitative estimate of drug-likeness (QED) is 0.785. The Bertz CT molecular complexity index is 501. The number of ether oxygens (including phenoxy) is 1. The van der Waals surface area contributed by atoms with Crippen molar-refractivity contribution in [3.63, 3.8) is 0 Å². The van der Waals surface area contributed by atoms with Crippen molar-refractivity contribution in [2.75, 3.05) is 20.3 Å². The standard InChI is InChI=1S/C15H24ClN3O2/c1-11-13(16)14(17-18(11)2)15(20)19-9-5-4-7-12(19)8-6-10-21-3/h12H,4-10H2,1-3H3. The van der Waals surface area contributed by atoms with Crippen LogP contribution < -0.4 is 0 Å². The van der Waals surface area contributed by atoms with Crippen LogP contribution in [0.25, 0.3) is 0 Å². The highest BCUT2D eigenvalue weighted by Gasteiger charge is 2.30. The molecule has 0 bridgehead atoms. The summed E-state index contributed by atoms with van der Waals surface area (Å²) in [6, 6.07) is 0.278. The van der Waals surface area contributed by atoms with Crippen molar-refractivity contribution in [1.29, 1.82) is 0 Å². The summed E-state index contributed by atoms with van der Waals surface area (Å²) < 4.78 is 6.78. The maximum Gasteiger partial charge on any atom is 0.276 e. The van der Waals surface area contributed by atoms with Crippen molar-refractivity contribution in [3.05, 3.63) is 16.4 Å². The summed E-state index contributed by atoms with van der Waals surface area (Å²) in [7, 11) is 3.52. The lowest BCUT2D eigenvalue weighted by molar-refractivity contribution is 0.0578. The molecule has 2 rings (SSSR count). The average molecular weight is 314 g/mol. The van der Waals surface area contributed by atoms with Crippen LogP contribution in [0.15, 0.2) is 0 Å². The average Bonchev–Trinajstić information content (AvgIpc) is 2.75. The van der Waals surface area contributed by atoms with Crippen LogP contribution in [0.3, 0.4) is 0 Å². The fraction of sp³-hybridized carbons (Fsp3) is 0.733. The predicted octanol–water partition coefficient (Wildman–Crippen LogP) is 2.80. The molecule has 0 spiro atoms. The zero-order valence-corrected chi connectivity index (χ0v) is 13.8. The van der Waals surface area contributed by atoms with E-state index in [9.17, 15) is 4.79 Å². The Morgan fingerprint density at radius 1 is 1.48 bits per heavy atom. The van der Waals surface area contributed by atoms with Gasteiger partial charge in [0.05, 0.1) is 10.7 Å². The molecule has 0 aromatic carbocycles. The third-order valence-electron chi connectivity index (χ3n) is 4.24. The van der Waals surface area contributed by atoms with Crippen molar-refractivity contribution in [2.24, 2.45) is 7.05 Å². The Labute approximate surface area is 131 Å². The number of rotatable bonds is 5. The Morgan fingerprint density at radius 3 is 2.86 bits per heavy atom. The molecule has 0 N–H and O–H groups in total. The lowest BCUT2D eigenvalue weighted by Gasteiger charge is -2.35. The van der Waals surface area contributed by atoms with Gasteiger partial charge in [-0.05, 0) is 39.0 Å². The first-order valence-corrected chi connectivity index (χ1v) is 7.93. The SMILES string of the molecule is COCCCC1CCCCN1C(=O)c1nn(C)c(C)c1Cl. The topological polar surface area (TPSA) is 47.4 Å². The first kappa shape index (κ1) is 16.3. The van der Waals surface area contributed by atoms with Gasteiger partial charge < -0.3 is 9.64 Å². The second-order valence-corrected chi connectivity index (χ2v) is 6.03. The maximum absolute atomic E-state index is 12.8. The number of halogens is 1. The van der Waals surface area contributed by atoms with Crippen LogP contribution in [-0.2, 0) is 11.8 Å². The highest BCUT2D eigenvalue weighted by molar-refractivity contribution is 6.34. The molecule has 0 saturated carbocycles. The van der Waals surface area contributed by atoms with Crippen molar-refractivity contribution in [1.82, 2.24) is 14.7 Å². The van der Waals surface area contributed by atoms with Gasteiger partial charge in [0.15, 0.2) is 5.69 Å². The molecule has 1 fully saturated rings. The second-order valence-electron chi connectivity index (χ2n) is 5.65. The molecule has 5 nitrogen and oxygen atoms in total. The van der Waals surface area contributed by atoms with Crippen molar-refractivity contribution in [3.8, 4) is 0 Å². The lowest BCUT2D eigenvalue weighted by Crippen LogP contribution is -2.44. The molecule has 1 unspecified atom stereocenters. The summed E-state index contributed by atoms with van der Waals surface area (Å²) in [5.74, 6) is -0.0363. The van der Waals surface area contributed by atoms with Crippen LogP contribution in [0.4, 0.5) is 0 Å². The van der Waals surface area contributed by atoms with Crippen molar-refractivity contribution < 1.29 is 9.53 Å². The Kier molecular flexibility index (Phi) is 5.65. The van der Waals surface area contributed by atoms with E-state index in [1.54, 1.807) is 11.8 Å². The fourth-order valence-corrected chi connectivity index (χ4v) is 3.13. The first-order valence-electron chi connectivity index (χ1n) is 7.55. The summed E-state index contributed by atoms with van der Waals surface area (Å²) in [5, 5.41) is 4.76. The van der Waals surface area contributed by atoms with E-state index in [4.69, 9.17) is 16.3 Å². The Hall–Kier alpha value is -1.07. The van der Waals surface area contributed by atoms with Gasteiger partial charge in [0, 0.05) is 33.4 Å². The highest BCUT2D eigenvalue weighted by atomic mass is 35.5. The fourth-order valence-electron chi connectivity index (χ4n) is 2.89. The van der Waals surface area contributed by atoms with Crippen LogP contribution in [0.5, 0.6) is 0 Å². The minimum Gasteiger partial charge on any atom is -0.385 e. The van der Waals surface area contributed by atoms with E-state index in [-0.39, 0.29) is 11.9 Å². The third kappa shape index (κ3) is 3.58.